The van der Waals surface area contributed by atoms with Crippen molar-refractivity contribution in [3.63, 3.8) is 0 Å². The molecule has 0 aromatic heterocycles. The molecule has 32 heteroatoms. The number of hydrogen-bond acceptors (Lipinski definition) is 17. The summed E-state index contributed by atoms with van der Waals surface area (Å²) < 4.78 is 0. The van der Waals surface area contributed by atoms with Crippen molar-refractivity contribution in [2.45, 2.75) is 161 Å². The van der Waals surface area contributed by atoms with E-state index in [0.29, 0.717) is 16.9 Å². The number of carbonyl (C=O) groups is 15. The van der Waals surface area contributed by atoms with Crippen molar-refractivity contribution in [1.82, 2.24) is 63.8 Å². The number of nitrogens with two attached hydrogens (primary N) is 2. The average Bonchev–Trinajstić information content (AvgIpc) is 2.23. The second kappa shape index (κ2) is 42.0. The predicted octanol–water partition coefficient (Wildman–Crippen LogP) is -3.12. The highest BCUT2D eigenvalue weighted by Gasteiger charge is 2.34. The van der Waals surface area contributed by atoms with Gasteiger partial charge in [0.2, 0.25) is 76.8 Å². The van der Waals surface area contributed by atoms with E-state index in [2.05, 4.69) is 63.8 Å². The monoisotopic (exact) mass is 1320 g/mol. The third-order valence-corrected chi connectivity index (χ3v) is 14.5. The Kier molecular flexibility index (Phi) is 36.1. The number of hydrogen-bond donors (Lipinski definition) is 16. The van der Waals surface area contributed by atoms with Gasteiger partial charge in [0.1, 0.15) is 48.3 Å². The van der Waals surface area contributed by atoms with Crippen LogP contribution < -0.4 is 75.3 Å². The number of aliphatic carboxylic acids is 2. The van der Waals surface area contributed by atoms with Gasteiger partial charge in [-0.2, -0.15) is 11.8 Å². The summed E-state index contributed by atoms with van der Waals surface area (Å²) >= 11 is 1.37. The van der Waals surface area contributed by atoms with Crippen LogP contribution in [0.3, 0.4) is 0 Å². The third-order valence-electron chi connectivity index (χ3n) is 13.8. The average molecular weight is 1330 g/mol. The van der Waals surface area contributed by atoms with Crippen LogP contribution in [-0.4, -0.2) is 192 Å². The zero-order chi connectivity index (χ0) is 69.9. The summed E-state index contributed by atoms with van der Waals surface area (Å²) in [4.78, 5) is 195. The Bertz CT molecular complexity index is 2890. The summed E-state index contributed by atoms with van der Waals surface area (Å²) in [5.41, 5.74) is 12.4. The maximum Gasteiger partial charge on any atom is 0.326 e. The molecular formula is C61H92N14O17S. The standard InChI is InChI=1S/C61H92N14O17S/c1-33(2)25-42(55(85)66-29-47(77)64-30-49(79)69-40(20-21-46(63)76)57(87)73-45(28-38-17-13-10-14-18-38)58(88)71-41(61(91)92)23-24-93-8)74-60(90)52(35(5)6)75-59(89)43(26-34(3)4)70-50(80)32-65-53(83)36(7)68-48(78)31-67-56(86)44(27-37-15-11-9-12-16-37)72-54(84)39(62)19-22-51(81)82/h9-18,33-36,39-45,52H,19-32,62H2,1-8H3,(H2,63,76)(H,64,77)(H,65,83)(H,66,85)(H,67,86)(H,68,78)(H,69,79)(H,70,80)(H,71,88)(H,72,84)(H,73,87)(H,74,90)(H,75,89)(H,81,82)(H,91,92)/t36-,39-,40-,41-,42-,43-,44-,45-,52-/m0/s1. The minimum absolute atomic E-state index is 0.00854. The van der Waals surface area contributed by atoms with Gasteiger partial charge in [-0.1, -0.05) is 102 Å². The highest BCUT2D eigenvalue weighted by atomic mass is 32.2. The quantitative estimate of drug-likeness (QED) is 0.0312. The van der Waals surface area contributed by atoms with E-state index in [9.17, 15) is 77.0 Å². The summed E-state index contributed by atoms with van der Waals surface area (Å²) in [5, 5.41) is 48.3. The fraction of sp³-hybridized carbons (Fsp3) is 0.557. The van der Waals surface area contributed by atoms with E-state index < -0.39 is 175 Å². The van der Waals surface area contributed by atoms with Gasteiger partial charge in [0.15, 0.2) is 0 Å². The molecule has 9 atom stereocenters. The molecule has 18 N–H and O–H groups in total. The lowest BCUT2D eigenvalue weighted by molar-refractivity contribution is -0.142. The van der Waals surface area contributed by atoms with Crippen LogP contribution in [0.1, 0.15) is 105 Å². The van der Waals surface area contributed by atoms with Crippen LogP contribution in [0.2, 0.25) is 0 Å². The summed E-state index contributed by atoms with van der Waals surface area (Å²) in [6.45, 7) is 8.89. The minimum Gasteiger partial charge on any atom is -0.481 e. The first-order valence-electron chi connectivity index (χ1n) is 30.3. The first-order valence-corrected chi connectivity index (χ1v) is 31.7. The Morgan fingerprint density at radius 2 is 0.849 bits per heavy atom. The molecule has 0 heterocycles. The lowest BCUT2D eigenvalue weighted by Gasteiger charge is -2.28. The number of primary amides is 1. The van der Waals surface area contributed by atoms with E-state index in [4.69, 9.17) is 16.6 Å². The maximum absolute atomic E-state index is 13.9. The lowest BCUT2D eigenvalue weighted by atomic mass is 9.98. The van der Waals surface area contributed by atoms with Gasteiger partial charge in [-0.3, -0.25) is 67.1 Å². The molecule has 0 radical (unpaired) electrons. The van der Waals surface area contributed by atoms with Gasteiger partial charge >= 0.3 is 11.9 Å². The van der Waals surface area contributed by atoms with Crippen LogP contribution in [0.25, 0.3) is 0 Å². The molecule has 0 unspecified atom stereocenters. The van der Waals surface area contributed by atoms with Crippen molar-refractivity contribution >= 4 is 100 Å². The Hall–Kier alpha value is -9.20. The lowest BCUT2D eigenvalue weighted by Crippen LogP contribution is -2.59. The van der Waals surface area contributed by atoms with Gasteiger partial charge in [-0.15, -0.1) is 0 Å². The van der Waals surface area contributed by atoms with Gasteiger partial charge in [-0.05, 0) is 79.9 Å². The summed E-state index contributed by atoms with van der Waals surface area (Å²) in [6, 6.07) is 5.52. The van der Waals surface area contributed by atoms with E-state index in [-0.39, 0.29) is 69.6 Å². The smallest absolute Gasteiger partial charge is 0.326 e. The van der Waals surface area contributed by atoms with Gasteiger partial charge in [-0.25, -0.2) is 4.79 Å². The molecule has 13 amide bonds. The minimum atomic E-state index is -1.47. The largest absolute Gasteiger partial charge is 0.481 e. The van der Waals surface area contributed by atoms with Crippen molar-refractivity contribution in [2.75, 3.05) is 38.2 Å². The van der Waals surface area contributed by atoms with Crippen molar-refractivity contribution in [3.8, 4) is 0 Å². The number of nitrogens with one attached hydrogen (secondary N) is 12. The topological polar surface area (TPSA) is 493 Å². The molecule has 2 aromatic carbocycles. The Morgan fingerprint density at radius 1 is 0.430 bits per heavy atom. The molecule has 0 saturated carbocycles. The van der Waals surface area contributed by atoms with E-state index in [0.717, 1.165) is 0 Å². The van der Waals surface area contributed by atoms with Crippen molar-refractivity contribution in [3.05, 3.63) is 71.8 Å². The van der Waals surface area contributed by atoms with Crippen LogP contribution in [0.15, 0.2) is 60.7 Å². The third kappa shape index (κ3) is 32.6. The molecule has 31 nitrogen and oxygen atoms in total. The second-order valence-electron chi connectivity index (χ2n) is 23.2. The summed E-state index contributed by atoms with van der Waals surface area (Å²) in [7, 11) is 0. The Labute approximate surface area is 544 Å². The van der Waals surface area contributed by atoms with Crippen molar-refractivity contribution < 1.29 is 82.1 Å². The molecule has 0 aliphatic carbocycles. The maximum atomic E-state index is 13.9. The zero-order valence-electron chi connectivity index (χ0n) is 53.7. The highest BCUT2D eigenvalue weighted by Crippen LogP contribution is 2.13. The van der Waals surface area contributed by atoms with E-state index in [1.165, 1.54) is 18.7 Å². The highest BCUT2D eigenvalue weighted by molar-refractivity contribution is 7.98. The molecule has 0 aliphatic rings. The van der Waals surface area contributed by atoms with Crippen LogP contribution in [0.4, 0.5) is 0 Å². The zero-order valence-corrected chi connectivity index (χ0v) is 54.5. The molecule has 0 spiro atoms. The van der Waals surface area contributed by atoms with Gasteiger partial charge in [0, 0.05) is 25.7 Å². The molecule has 2 rings (SSSR count). The molecule has 514 valence electrons. The molecule has 0 bridgehead atoms. The van der Waals surface area contributed by atoms with Crippen molar-refractivity contribution in [2.24, 2.45) is 29.2 Å². The van der Waals surface area contributed by atoms with Crippen LogP contribution in [0.5, 0.6) is 0 Å². The molecular weight excluding hydrogens is 1230 g/mol. The number of rotatable bonds is 43. The second-order valence-corrected chi connectivity index (χ2v) is 24.2. The SMILES string of the molecule is CSCC[C@H](NC(=O)[C@H](Cc1ccccc1)NC(=O)[C@H](CCC(N)=O)NC(=O)CNC(=O)CNC(=O)[C@H](CC(C)C)NC(=O)[C@@H](NC(=O)[C@H](CC(C)C)NC(=O)CNC(=O)[C@H](C)NC(=O)CNC(=O)[C@H](Cc1ccccc1)NC(=O)[C@@H](N)CCC(=O)O)C(C)C)C(=O)O. The van der Waals surface area contributed by atoms with Gasteiger partial charge < -0.3 is 85.5 Å². The number of carbonyl (C=O) groups excluding carboxylic acids is 13. The van der Waals surface area contributed by atoms with Crippen LogP contribution >= 0.6 is 11.8 Å². The predicted molar refractivity (Wildman–Crippen MR) is 341 cm³/mol. The summed E-state index contributed by atoms with van der Waals surface area (Å²) in [6.07, 6.45) is 0.609. The number of carboxylic acids is 2. The van der Waals surface area contributed by atoms with Gasteiger partial charge in [0.05, 0.1) is 32.2 Å². The number of amides is 13. The first-order chi connectivity index (χ1) is 43.8. The van der Waals surface area contributed by atoms with E-state index in [1.807, 2.05) is 0 Å². The number of thioether (sulfide) groups is 1. The molecule has 93 heavy (non-hydrogen) atoms. The van der Waals surface area contributed by atoms with Gasteiger partial charge in [0.25, 0.3) is 0 Å². The van der Waals surface area contributed by atoms with E-state index >= 15 is 0 Å². The molecule has 0 aliphatic heterocycles. The van der Waals surface area contributed by atoms with Crippen molar-refractivity contribution in [1.29, 1.82) is 0 Å². The Morgan fingerprint density at radius 3 is 1.34 bits per heavy atom. The van der Waals surface area contributed by atoms with Crippen LogP contribution in [-0.2, 0) is 84.8 Å². The fourth-order valence-corrected chi connectivity index (χ4v) is 9.32. The normalized spacial score (nSPS) is 13.9. The molecule has 2 aromatic rings. The number of benzene rings is 2. The first kappa shape index (κ1) is 79.9. The van der Waals surface area contributed by atoms with E-state index in [1.54, 1.807) is 108 Å². The van der Waals surface area contributed by atoms with Crippen LogP contribution in [0, 0.1) is 17.8 Å². The summed E-state index contributed by atoms with van der Waals surface area (Å²) in [5.74, 6) is -13.8. The number of carboxylic acid groups (broad SMARTS) is 2. The fourth-order valence-electron chi connectivity index (χ4n) is 8.85. The molecule has 0 saturated heterocycles. The Balaban J connectivity index is 2.05. The molecule has 0 fully saturated rings.